The van der Waals surface area contributed by atoms with Crippen LogP contribution in [0, 0.1) is 11.3 Å². The third-order valence-corrected chi connectivity index (χ3v) is 3.80. The van der Waals surface area contributed by atoms with Crippen LogP contribution >= 0.6 is 15.9 Å². The minimum absolute atomic E-state index is 0.180. The van der Waals surface area contributed by atoms with Crippen molar-refractivity contribution in [1.29, 1.82) is 5.26 Å². The van der Waals surface area contributed by atoms with Crippen molar-refractivity contribution in [2.45, 2.75) is 12.2 Å². The Hall–Kier alpha value is -1.13. The summed E-state index contributed by atoms with van der Waals surface area (Å²) in [6.07, 6.45) is 1.46. The third kappa shape index (κ3) is 2.91. The molecular formula is C8H8BrN3O2S. The van der Waals surface area contributed by atoms with E-state index in [2.05, 4.69) is 25.6 Å². The molecule has 5 nitrogen and oxygen atoms in total. The summed E-state index contributed by atoms with van der Waals surface area (Å²) in [4.78, 5) is 3.83. The van der Waals surface area contributed by atoms with E-state index < -0.39 is 15.3 Å². The highest BCUT2D eigenvalue weighted by Crippen LogP contribution is 2.20. The summed E-state index contributed by atoms with van der Waals surface area (Å²) in [5, 5.41) is 7.40. The van der Waals surface area contributed by atoms with Gasteiger partial charge in [0, 0.05) is 6.20 Å². The minimum Gasteiger partial charge on any atom is -0.265 e. The molecule has 1 heterocycles. The summed E-state index contributed by atoms with van der Waals surface area (Å²) in [6.45, 7) is 1.30. The molecule has 7 heteroatoms. The van der Waals surface area contributed by atoms with E-state index in [-0.39, 0.29) is 5.82 Å². The molecule has 0 aliphatic carbocycles. The lowest BCUT2D eigenvalue weighted by Crippen LogP contribution is -2.24. The summed E-state index contributed by atoms with van der Waals surface area (Å²) in [5.41, 5.74) is 0. The van der Waals surface area contributed by atoms with Gasteiger partial charge >= 0.3 is 0 Å². The zero-order valence-electron chi connectivity index (χ0n) is 7.81. The molecule has 1 aromatic heterocycles. The number of aromatic nitrogens is 1. The maximum atomic E-state index is 11.5. The van der Waals surface area contributed by atoms with E-state index in [0.29, 0.717) is 4.47 Å². The van der Waals surface area contributed by atoms with Crippen molar-refractivity contribution in [2.24, 2.45) is 0 Å². The highest BCUT2D eigenvalue weighted by molar-refractivity contribution is 9.10. The molecule has 0 aromatic carbocycles. The second-order valence-corrected chi connectivity index (χ2v) is 5.61. The second kappa shape index (κ2) is 4.59. The van der Waals surface area contributed by atoms with Gasteiger partial charge in [-0.15, -0.1) is 0 Å². The van der Waals surface area contributed by atoms with Crippen molar-refractivity contribution in [3.63, 3.8) is 0 Å². The molecule has 0 amide bonds. The Kier molecular flexibility index (Phi) is 3.66. The Morgan fingerprint density at radius 3 is 2.87 bits per heavy atom. The standard InChI is InChI=1S/C8H8BrN3O2S/c1-6(5-10)15(13,14)12-8-7(9)3-2-4-11-8/h2-4,6H,1H3,(H,11,12). The van der Waals surface area contributed by atoms with Gasteiger partial charge in [0.05, 0.1) is 10.5 Å². The number of nitrogens with one attached hydrogen (secondary N) is 1. The largest absolute Gasteiger partial charge is 0.265 e. The highest BCUT2D eigenvalue weighted by atomic mass is 79.9. The fraction of sp³-hybridized carbons (Fsp3) is 0.250. The van der Waals surface area contributed by atoms with Crippen LogP contribution in [0.3, 0.4) is 0 Å². The lowest BCUT2D eigenvalue weighted by atomic mass is 10.5. The van der Waals surface area contributed by atoms with Gasteiger partial charge < -0.3 is 0 Å². The van der Waals surface area contributed by atoms with E-state index >= 15 is 0 Å². The average Bonchev–Trinajstić information content (AvgIpc) is 2.20. The van der Waals surface area contributed by atoms with E-state index in [1.807, 2.05) is 0 Å². The highest BCUT2D eigenvalue weighted by Gasteiger charge is 2.21. The third-order valence-electron chi connectivity index (χ3n) is 1.64. The van der Waals surface area contributed by atoms with Gasteiger partial charge in [-0.25, -0.2) is 13.4 Å². The van der Waals surface area contributed by atoms with Crippen molar-refractivity contribution in [3.8, 4) is 6.07 Å². The molecule has 80 valence electrons. The number of hydrogen-bond acceptors (Lipinski definition) is 4. The van der Waals surface area contributed by atoms with Crippen molar-refractivity contribution >= 4 is 31.8 Å². The van der Waals surface area contributed by atoms with E-state index in [1.165, 1.54) is 13.1 Å². The quantitative estimate of drug-likeness (QED) is 0.914. The second-order valence-electron chi connectivity index (χ2n) is 2.75. The molecule has 1 aromatic rings. The molecule has 0 spiro atoms. The zero-order chi connectivity index (χ0) is 11.5. The first kappa shape index (κ1) is 11.9. The van der Waals surface area contributed by atoms with Gasteiger partial charge in [0.25, 0.3) is 0 Å². The predicted octanol–water partition coefficient (Wildman–Crippen LogP) is 1.50. The van der Waals surface area contributed by atoms with Crippen LogP contribution in [0.25, 0.3) is 0 Å². The van der Waals surface area contributed by atoms with Crippen LogP contribution in [0.5, 0.6) is 0 Å². The van der Waals surface area contributed by atoms with Gasteiger partial charge in [0.2, 0.25) is 10.0 Å². The summed E-state index contributed by atoms with van der Waals surface area (Å²) in [7, 11) is -3.69. The monoisotopic (exact) mass is 289 g/mol. The maximum Gasteiger partial charge on any atom is 0.250 e. The van der Waals surface area contributed by atoms with Crippen LogP contribution in [0.1, 0.15) is 6.92 Å². The topological polar surface area (TPSA) is 82.8 Å². The average molecular weight is 290 g/mol. The van der Waals surface area contributed by atoms with Gasteiger partial charge in [-0.1, -0.05) is 0 Å². The Bertz CT molecular complexity index is 495. The lowest BCUT2D eigenvalue weighted by molar-refractivity contribution is 0.597. The normalized spacial score (nSPS) is 12.9. The molecule has 1 atom stereocenters. The molecule has 15 heavy (non-hydrogen) atoms. The number of anilines is 1. The SMILES string of the molecule is CC(C#N)S(=O)(=O)Nc1ncccc1Br. The van der Waals surface area contributed by atoms with Crippen LogP contribution in [-0.4, -0.2) is 18.7 Å². The van der Waals surface area contributed by atoms with Crippen molar-refractivity contribution in [3.05, 3.63) is 22.8 Å². The molecule has 0 aliphatic heterocycles. The molecule has 1 unspecified atom stereocenters. The fourth-order valence-electron chi connectivity index (χ4n) is 0.753. The Morgan fingerprint density at radius 2 is 2.33 bits per heavy atom. The summed E-state index contributed by atoms with van der Waals surface area (Å²) < 4.78 is 25.7. The zero-order valence-corrected chi connectivity index (χ0v) is 10.2. The number of nitrogens with zero attached hydrogens (tertiary/aromatic N) is 2. The fourth-order valence-corrected chi connectivity index (χ4v) is 1.99. The van der Waals surface area contributed by atoms with Crippen molar-refractivity contribution < 1.29 is 8.42 Å². The Morgan fingerprint density at radius 1 is 1.67 bits per heavy atom. The molecule has 0 radical (unpaired) electrons. The maximum absolute atomic E-state index is 11.5. The smallest absolute Gasteiger partial charge is 0.250 e. The summed E-state index contributed by atoms with van der Waals surface area (Å²) >= 11 is 3.15. The first-order chi connectivity index (χ1) is 6.97. The molecule has 0 aliphatic rings. The number of pyridine rings is 1. The Labute approximate surface area is 96.3 Å². The molecule has 0 saturated heterocycles. The minimum atomic E-state index is -3.69. The van der Waals surface area contributed by atoms with E-state index in [4.69, 9.17) is 5.26 Å². The molecule has 0 fully saturated rings. The number of hydrogen-bond donors (Lipinski definition) is 1. The molecule has 0 saturated carbocycles. The number of rotatable bonds is 3. The molecule has 0 bridgehead atoms. The first-order valence-electron chi connectivity index (χ1n) is 3.99. The van der Waals surface area contributed by atoms with E-state index in [0.717, 1.165) is 0 Å². The van der Waals surface area contributed by atoms with Crippen LogP contribution in [-0.2, 0) is 10.0 Å². The van der Waals surface area contributed by atoms with Crippen LogP contribution in [0.2, 0.25) is 0 Å². The van der Waals surface area contributed by atoms with E-state index in [1.54, 1.807) is 18.2 Å². The van der Waals surface area contributed by atoms with Crippen LogP contribution in [0.15, 0.2) is 22.8 Å². The van der Waals surface area contributed by atoms with Crippen LogP contribution < -0.4 is 4.72 Å². The lowest BCUT2D eigenvalue weighted by Gasteiger charge is -2.09. The molecule has 1 N–H and O–H groups in total. The van der Waals surface area contributed by atoms with Gasteiger partial charge in [-0.05, 0) is 35.0 Å². The predicted molar refractivity (Wildman–Crippen MR) is 59.6 cm³/mol. The Balaban J connectivity index is 2.98. The molecular weight excluding hydrogens is 282 g/mol. The van der Waals surface area contributed by atoms with Gasteiger partial charge in [0.15, 0.2) is 11.1 Å². The number of sulfonamides is 1. The van der Waals surface area contributed by atoms with Gasteiger partial charge in [-0.2, -0.15) is 5.26 Å². The first-order valence-corrected chi connectivity index (χ1v) is 6.33. The summed E-state index contributed by atoms with van der Waals surface area (Å²) in [6, 6.07) is 4.97. The van der Waals surface area contributed by atoms with Crippen LogP contribution in [0.4, 0.5) is 5.82 Å². The van der Waals surface area contributed by atoms with E-state index in [9.17, 15) is 8.42 Å². The van der Waals surface area contributed by atoms with Gasteiger partial charge in [0.1, 0.15) is 0 Å². The number of nitriles is 1. The van der Waals surface area contributed by atoms with Crippen molar-refractivity contribution in [2.75, 3.05) is 4.72 Å². The van der Waals surface area contributed by atoms with Gasteiger partial charge in [-0.3, -0.25) is 4.72 Å². The summed E-state index contributed by atoms with van der Waals surface area (Å²) in [5.74, 6) is 0.180. The number of halogens is 1. The molecule has 1 rings (SSSR count). The van der Waals surface area contributed by atoms with Crippen molar-refractivity contribution in [1.82, 2.24) is 4.98 Å².